The number of benzene rings is 1. The van der Waals surface area contributed by atoms with E-state index in [4.69, 9.17) is 4.98 Å². The second kappa shape index (κ2) is 6.08. The quantitative estimate of drug-likeness (QED) is 0.379. The Labute approximate surface area is 156 Å². The molecule has 3 aromatic heterocycles. The Morgan fingerprint density at radius 2 is 1.80 bits per heavy atom. The van der Waals surface area contributed by atoms with Crippen LogP contribution in [0.15, 0.2) is 47.8 Å². The Balaban J connectivity index is 1.90. The third kappa shape index (κ3) is 2.45. The first-order valence-corrected chi connectivity index (χ1v) is 10.6. The topological polar surface area (TPSA) is 12.9 Å². The number of fused-ring (bicyclic) bond motifs is 3. The molecule has 0 aliphatic heterocycles. The second-order valence-corrected chi connectivity index (χ2v) is 8.73. The highest BCUT2D eigenvalue weighted by atomic mass is 32.1. The first kappa shape index (κ1) is 15.3. The Morgan fingerprint density at radius 1 is 0.960 bits per heavy atom. The van der Waals surface area contributed by atoms with Crippen LogP contribution in [0.2, 0.25) is 0 Å². The van der Waals surface area contributed by atoms with E-state index in [1.165, 1.54) is 57.5 Å². The van der Waals surface area contributed by atoms with Gasteiger partial charge in [-0.25, -0.2) is 4.98 Å². The van der Waals surface area contributed by atoms with Crippen molar-refractivity contribution >= 4 is 32.9 Å². The van der Waals surface area contributed by atoms with Gasteiger partial charge in [0, 0.05) is 10.3 Å². The van der Waals surface area contributed by atoms with Crippen LogP contribution in [-0.2, 0) is 12.8 Å². The largest absolute Gasteiger partial charge is 0.236 e. The lowest BCUT2D eigenvalue weighted by Gasteiger charge is -2.15. The average Bonchev–Trinajstić information content (AvgIpc) is 3.29. The van der Waals surface area contributed by atoms with E-state index in [2.05, 4.69) is 54.8 Å². The molecule has 0 atom stereocenters. The zero-order chi connectivity index (χ0) is 16.8. The molecule has 1 nitrogen and oxygen atoms in total. The van der Waals surface area contributed by atoms with Crippen LogP contribution in [0.1, 0.15) is 28.8 Å². The summed E-state index contributed by atoms with van der Waals surface area (Å²) in [6, 6.07) is 15.2. The molecule has 0 unspecified atom stereocenters. The smallest absolute Gasteiger partial charge is 0.125 e. The number of thiophene rings is 2. The van der Waals surface area contributed by atoms with Gasteiger partial charge < -0.3 is 0 Å². The molecule has 3 heteroatoms. The molecule has 1 aliphatic carbocycles. The predicted octanol–water partition coefficient (Wildman–Crippen LogP) is 6.88. The number of pyridine rings is 1. The van der Waals surface area contributed by atoms with E-state index in [-0.39, 0.29) is 0 Å². The van der Waals surface area contributed by atoms with Gasteiger partial charge in [0.05, 0.1) is 10.6 Å². The lowest BCUT2D eigenvalue weighted by atomic mass is 9.90. The van der Waals surface area contributed by atoms with Crippen molar-refractivity contribution in [2.75, 3.05) is 0 Å². The summed E-state index contributed by atoms with van der Waals surface area (Å²) in [6.45, 7) is 2.25. The van der Waals surface area contributed by atoms with Gasteiger partial charge in [-0.15, -0.1) is 22.7 Å². The average molecular weight is 362 g/mol. The molecular formula is C22H19NS2. The molecule has 5 rings (SSSR count). The van der Waals surface area contributed by atoms with Crippen molar-refractivity contribution in [3.05, 3.63) is 63.8 Å². The van der Waals surface area contributed by atoms with Crippen LogP contribution in [0, 0.1) is 6.92 Å². The molecule has 1 aliphatic rings. The molecule has 124 valence electrons. The number of aryl methyl sites for hydroxylation is 2. The van der Waals surface area contributed by atoms with Crippen LogP contribution in [0.4, 0.5) is 0 Å². The van der Waals surface area contributed by atoms with Gasteiger partial charge in [-0.1, -0.05) is 36.4 Å². The minimum absolute atomic E-state index is 1.15. The van der Waals surface area contributed by atoms with E-state index >= 15 is 0 Å². The lowest BCUT2D eigenvalue weighted by molar-refractivity contribution is 0.700. The highest BCUT2D eigenvalue weighted by molar-refractivity contribution is 7.19. The standard InChI is InChI=1S/C22H19NS2/c1-14-19(15-8-3-2-4-9-15)20-16-10-5-6-11-17(16)25-22(20)23-21(14)18-12-7-13-24-18/h2-4,7-9,12-13H,5-6,10-11H2,1H3. The summed E-state index contributed by atoms with van der Waals surface area (Å²) in [5, 5.41) is 3.56. The Morgan fingerprint density at radius 3 is 2.60 bits per heavy atom. The number of hydrogen-bond acceptors (Lipinski definition) is 3. The highest BCUT2D eigenvalue weighted by Crippen LogP contribution is 2.44. The molecule has 0 saturated heterocycles. The molecule has 4 aromatic rings. The van der Waals surface area contributed by atoms with E-state index in [0.717, 1.165) is 5.69 Å². The fourth-order valence-electron chi connectivity index (χ4n) is 4.00. The van der Waals surface area contributed by atoms with Crippen molar-refractivity contribution in [2.45, 2.75) is 32.6 Å². The highest BCUT2D eigenvalue weighted by Gasteiger charge is 2.23. The molecule has 0 spiro atoms. The van der Waals surface area contributed by atoms with E-state index < -0.39 is 0 Å². The summed E-state index contributed by atoms with van der Waals surface area (Å²) in [4.78, 5) is 9.19. The van der Waals surface area contributed by atoms with E-state index in [1.54, 1.807) is 21.8 Å². The maximum absolute atomic E-state index is 5.14. The van der Waals surface area contributed by atoms with E-state index in [9.17, 15) is 0 Å². The Bertz CT molecular complexity index is 1040. The van der Waals surface area contributed by atoms with E-state index in [1.807, 2.05) is 11.3 Å². The lowest BCUT2D eigenvalue weighted by Crippen LogP contribution is -2.00. The molecule has 25 heavy (non-hydrogen) atoms. The summed E-state index contributed by atoms with van der Waals surface area (Å²) >= 11 is 3.70. The van der Waals surface area contributed by atoms with Gasteiger partial charge in [0.25, 0.3) is 0 Å². The van der Waals surface area contributed by atoms with Gasteiger partial charge in [0.2, 0.25) is 0 Å². The van der Waals surface area contributed by atoms with Crippen molar-refractivity contribution in [2.24, 2.45) is 0 Å². The molecular weight excluding hydrogens is 342 g/mol. The Hall–Kier alpha value is -1.97. The van der Waals surface area contributed by atoms with E-state index in [0.29, 0.717) is 0 Å². The minimum atomic E-state index is 1.15. The molecule has 1 aromatic carbocycles. The summed E-state index contributed by atoms with van der Waals surface area (Å²) in [7, 11) is 0. The molecule has 0 radical (unpaired) electrons. The van der Waals surface area contributed by atoms with Crippen LogP contribution in [0.3, 0.4) is 0 Å². The zero-order valence-electron chi connectivity index (χ0n) is 14.2. The fraction of sp³-hybridized carbons (Fsp3) is 0.227. The second-order valence-electron chi connectivity index (χ2n) is 6.69. The zero-order valence-corrected chi connectivity index (χ0v) is 15.8. The maximum atomic E-state index is 5.14. The fourth-order valence-corrected chi connectivity index (χ4v) is 6.04. The molecule has 0 amide bonds. The monoisotopic (exact) mass is 361 g/mol. The molecule has 0 fully saturated rings. The van der Waals surface area contributed by atoms with Crippen molar-refractivity contribution in [1.82, 2.24) is 4.98 Å². The van der Waals surface area contributed by atoms with Crippen LogP contribution in [-0.4, -0.2) is 4.98 Å². The summed E-state index contributed by atoms with van der Waals surface area (Å²) in [5.74, 6) is 0. The minimum Gasteiger partial charge on any atom is -0.236 e. The molecule has 0 saturated carbocycles. The summed E-state index contributed by atoms with van der Waals surface area (Å²) in [6.07, 6.45) is 5.04. The van der Waals surface area contributed by atoms with Crippen LogP contribution >= 0.6 is 22.7 Å². The van der Waals surface area contributed by atoms with Crippen LogP contribution in [0.5, 0.6) is 0 Å². The van der Waals surface area contributed by atoms with Gasteiger partial charge in [0.1, 0.15) is 4.83 Å². The molecule has 0 N–H and O–H groups in total. The normalized spacial score (nSPS) is 14.0. The first-order valence-electron chi connectivity index (χ1n) is 8.87. The third-order valence-corrected chi connectivity index (χ3v) is 7.23. The van der Waals surface area contributed by atoms with Crippen molar-refractivity contribution < 1.29 is 0 Å². The summed E-state index contributed by atoms with van der Waals surface area (Å²) in [5.41, 5.74) is 6.75. The Kier molecular flexibility index (Phi) is 3.72. The van der Waals surface area contributed by atoms with Crippen LogP contribution in [0.25, 0.3) is 31.9 Å². The number of rotatable bonds is 2. The SMILES string of the molecule is Cc1c(-c2cccs2)nc2sc3c(c2c1-c1ccccc1)CCCC3. The van der Waals surface area contributed by atoms with Gasteiger partial charge in [0.15, 0.2) is 0 Å². The van der Waals surface area contributed by atoms with Crippen molar-refractivity contribution in [1.29, 1.82) is 0 Å². The molecule has 0 bridgehead atoms. The number of nitrogens with zero attached hydrogens (tertiary/aromatic N) is 1. The number of aromatic nitrogens is 1. The predicted molar refractivity (Wildman–Crippen MR) is 110 cm³/mol. The van der Waals surface area contributed by atoms with Crippen molar-refractivity contribution in [3.8, 4) is 21.7 Å². The summed E-state index contributed by atoms with van der Waals surface area (Å²) < 4.78 is 0. The number of hydrogen-bond donors (Lipinski definition) is 0. The van der Waals surface area contributed by atoms with Gasteiger partial charge >= 0.3 is 0 Å². The van der Waals surface area contributed by atoms with Gasteiger partial charge in [-0.05, 0) is 66.3 Å². The van der Waals surface area contributed by atoms with Gasteiger partial charge in [-0.2, -0.15) is 0 Å². The third-order valence-electron chi connectivity index (χ3n) is 5.16. The van der Waals surface area contributed by atoms with Gasteiger partial charge in [-0.3, -0.25) is 0 Å². The van der Waals surface area contributed by atoms with Crippen molar-refractivity contribution in [3.63, 3.8) is 0 Å². The first-order chi connectivity index (χ1) is 12.3. The maximum Gasteiger partial charge on any atom is 0.125 e. The van der Waals surface area contributed by atoms with Crippen LogP contribution < -0.4 is 0 Å². The molecule has 3 heterocycles.